The van der Waals surface area contributed by atoms with Gasteiger partial charge in [-0.25, -0.2) is 10.2 Å². The van der Waals surface area contributed by atoms with Crippen LogP contribution in [0, 0.1) is 10.1 Å². The fraction of sp³-hybridized carbons (Fsp3) is 0.250. The summed E-state index contributed by atoms with van der Waals surface area (Å²) in [7, 11) is 0. The smallest absolute Gasteiger partial charge is 0.399 e. The minimum absolute atomic E-state index is 0.0777. The highest BCUT2D eigenvalue weighted by molar-refractivity contribution is 5.79. The van der Waals surface area contributed by atoms with Gasteiger partial charge in [0.1, 0.15) is 4.92 Å². The van der Waals surface area contributed by atoms with Crippen LogP contribution in [-0.2, 0) is 6.42 Å². The van der Waals surface area contributed by atoms with Crippen LogP contribution in [0.5, 0.6) is 0 Å². The molecule has 1 heterocycles. The van der Waals surface area contributed by atoms with Gasteiger partial charge in [-0.3, -0.25) is 10.1 Å². The van der Waals surface area contributed by atoms with E-state index in [2.05, 4.69) is 5.10 Å². The second-order valence-corrected chi connectivity index (χ2v) is 2.94. The van der Waals surface area contributed by atoms with E-state index in [0.717, 1.165) is 6.21 Å². The molecule has 0 bridgehead atoms. The molecule has 0 aromatic carbocycles. The van der Waals surface area contributed by atoms with E-state index >= 15 is 0 Å². The molecule has 4 N–H and O–H groups in total. The number of aliphatic hydroxyl groups is 1. The lowest BCUT2D eigenvalue weighted by atomic mass is 10.2. The second-order valence-electron chi connectivity index (χ2n) is 2.94. The maximum Gasteiger partial charge on any atom is 0.436 e. The van der Waals surface area contributed by atoms with Gasteiger partial charge >= 0.3 is 11.9 Å². The Balaban J connectivity index is 2.87. The molecule has 9 heteroatoms. The molecule has 17 heavy (non-hydrogen) atoms. The summed E-state index contributed by atoms with van der Waals surface area (Å²) in [6, 6.07) is 0.485. The summed E-state index contributed by atoms with van der Waals surface area (Å²) < 4.78 is 4.86. The standard InChI is InChI=1S/C8H10N4O5/c9-8(14)11-10-4-6-3-5(1-2-13)7(17-6)12(15)16/h3-4,13H,1-2H2,(H3,9,11,14)/b10-4+. The molecule has 1 rings (SSSR count). The van der Waals surface area contributed by atoms with E-state index in [9.17, 15) is 14.9 Å². The first-order valence-corrected chi connectivity index (χ1v) is 4.51. The van der Waals surface area contributed by atoms with Crippen LogP contribution in [0.1, 0.15) is 11.3 Å². The van der Waals surface area contributed by atoms with Gasteiger partial charge in [-0.1, -0.05) is 0 Å². The van der Waals surface area contributed by atoms with Crippen molar-refractivity contribution in [1.29, 1.82) is 0 Å². The average Bonchev–Trinajstić information content (AvgIpc) is 2.61. The number of hydrogen-bond donors (Lipinski definition) is 3. The Labute approximate surface area is 95.0 Å². The Kier molecular flexibility index (Phi) is 4.17. The van der Waals surface area contributed by atoms with E-state index in [0.29, 0.717) is 0 Å². The van der Waals surface area contributed by atoms with Gasteiger partial charge < -0.3 is 15.3 Å². The average molecular weight is 242 g/mol. The molecule has 0 unspecified atom stereocenters. The summed E-state index contributed by atoms with van der Waals surface area (Å²) in [6.45, 7) is -0.240. The molecule has 0 spiro atoms. The van der Waals surface area contributed by atoms with Crippen LogP contribution < -0.4 is 11.2 Å². The van der Waals surface area contributed by atoms with Crippen LogP contribution >= 0.6 is 0 Å². The minimum atomic E-state index is -0.863. The predicted molar refractivity (Wildman–Crippen MR) is 56.5 cm³/mol. The maximum atomic E-state index is 10.6. The van der Waals surface area contributed by atoms with E-state index < -0.39 is 16.8 Å². The molecule has 0 aliphatic heterocycles. The molecule has 9 nitrogen and oxygen atoms in total. The molecule has 1 aromatic rings. The topological polar surface area (TPSA) is 144 Å². The number of aliphatic hydroxyl groups excluding tert-OH is 1. The largest absolute Gasteiger partial charge is 0.436 e. The SMILES string of the molecule is NC(=O)N/N=C/c1cc(CCO)c([N+](=O)[O-])o1. The monoisotopic (exact) mass is 242 g/mol. The number of primary amides is 1. The lowest BCUT2D eigenvalue weighted by molar-refractivity contribution is -0.402. The number of carbonyl (C=O) groups is 1. The van der Waals surface area contributed by atoms with Crippen molar-refractivity contribution in [3.8, 4) is 0 Å². The highest BCUT2D eigenvalue weighted by Crippen LogP contribution is 2.22. The molecular weight excluding hydrogens is 232 g/mol. The Morgan fingerprint density at radius 1 is 1.76 bits per heavy atom. The summed E-state index contributed by atoms with van der Waals surface area (Å²) in [5.74, 6) is -0.381. The van der Waals surface area contributed by atoms with Gasteiger partial charge in [0.15, 0.2) is 5.76 Å². The molecule has 0 radical (unpaired) electrons. The van der Waals surface area contributed by atoms with Crippen molar-refractivity contribution in [1.82, 2.24) is 5.43 Å². The number of nitrogens with zero attached hydrogens (tertiary/aromatic N) is 2. The minimum Gasteiger partial charge on any atom is -0.399 e. The number of nitrogens with one attached hydrogen (secondary N) is 1. The molecule has 0 saturated carbocycles. The van der Waals surface area contributed by atoms with Gasteiger partial charge in [0.2, 0.25) is 0 Å². The Morgan fingerprint density at radius 2 is 2.47 bits per heavy atom. The summed E-state index contributed by atoms with van der Waals surface area (Å²) in [5, 5.41) is 22.7. The molecule has 0 atom stereocenters. The van der Waals surface area contributed by atoms with Gasteiger partial charge in [-0.2, -0.15) is 5.10 Å². The Morgan fingerprint density at radius 3 is 3.00 bits per heavy atom. The van der Waals surface area contributed by atoms with Crippen molar-refractivity contribution in [2.45, 2.75) is 6.42 Å². The third-order valence-electron chi connectivity index (χ3n) is 1.72. The predicted octanol–water partition coefficient (Wildman–Crippen LogP) is -0.275. The summed E-state index contributed by atoms with van der Waals surface area (Å²) in [5.41, 5.74) is 6.91. The lowest BCUT2D eigenvalue weighted by Crippen LogP contribution is -2.24. The number of furan rings is 1. The van der Waals surface area contributed by atoms with Crippen molar-refractivity contribution >= 4 is 18.1 Å². The molecule has 0 saturated heterocycles. The van der Waals surface area contributed by atoms with Crippen LogP contribution in [0.15, 0.2) is 15.6 Å². The van der Waals surface area contributed by atoms with Crippen molar-refractivity contribution in [3.05, 3.63) is 27.5 Å². The van der Waals surface area contributed by atoms with E-state index in [1.165, 1.54) is 6.07 Å². The molecule has 1 aromatic heterocycles. The summed E-state index contributed by atoms with van der Waals surface area (Å²) >= 11 is 0. The molecule has 0 aliphatic carbocycles. The number of nitrogens with two attached hydrogens (primary N) is 1. The van der Waals surface area contributed by atoms with Crippen molar-refractivity contribution in [2.75, 3.05) is 6.61 Å². The van der Waals surface area contributed by atoms with Crippen LogP contribution in [0.3, 0.4) is 0 Å². The van der Waals surface area contributed by atoms with Gasteiger partial charge in [-0.15, -0.1) is 0 Å². The van der Waals surface area contributed by atoms with Crippen LogP contribution in [0.25, 0.3) is 0 Å². The van der Waals surface area contributed by atoms with Crippen LogP contribution in [0.4, 0.5) is 10.7 Å². The van der Waals surface area contributed by atoms with Gasteiger partial charge in [0.05, 0.1) is 11.8 Å². The first kappa shape index (κ1) is 12.6. The molecular formula is C8H10N4O5. The van der Waals surface area contributed by atoms with Gasteiger partial charge in [0.25, 0.3) is 0 Å². The summed E-state index contributed by atoms with van der Waals surface area (Å²) in [4.78, 5) is 20.2. The lowest BCUT2D eigenvalue weighted by Gasteiger charge is -1.89. The first-order chi connectivity index (χ1) is 8.04. The van der Waals surface area contributed by atoms with Crippen molar-refractivity contribution in [2.24, 2.45) is 10.8 Å². The first-order valence-electron chi connectivity index (χ1n) is 4.51. The highest BCUT2D eigenvalue weighted by atomic mass is 16.6. The van der Waals surface area contributed by atoms with E-state index in [1.54, 1.807) is 0 Å². The van der Waals surface area contributed by atoms with Crippen molar-refractivity contribution < 1.29 is 19.2 Å². The van der Waals surface area contributed by atoms with E-state index in [1.807, 2.05) is 5.43 Å². The fourth-order valence-corrected chi connectivity index (χ4v) is 1.12. The number of amides is 2. The third-order valence-corrected chi connectivity index (χ3v) is 1.72. The van der Waals surface area contributed by atoms with Gasteiger partial charge in [0, 0.05) is 13.0 Å². The number of rotatable bonds is 5. The number of hydrazone groups is 1. The summed E-state index contributed by atoms with van der Waals surface area (Å²) in [6.07, 6.45) is 1.16. The zero-order valence-electron chi connectivity index (χ0n) is 8.62. The molecule has 92 valence electrons. The number of nitro groups is 1. The highest BCUT2D eigenvalue weighted by Gasteiger charge is 2.20. The van der Waals surface area contributed by atoms with Crippen LogP contribution in [-0.4, -0.2) is 28.9 Å². The Hall–Kier alpha value is -2.42. The molecule has 0 aliphatic rings. The van der Waals surface area contributed by atoms with E-state index in [4.69, 9.17) is 15.3 Å². The third kappa shape index (κ3) is 3.57. The quantitative estimate of drug-likeness (QED) is 0.369. The fourth-order valence-electron chi connectivity index (χ4n) is 1.12. The van der Waals surface area contributed by atoms with Crippen molar-refractivity contribution in [3.63, 3.8) is 0 Å². The number of carbonyl (C=O) groups excluding carboxylic acids is 1. The number of hydrogen-bond acceptors (Lipinski definition) is 6. The number of urea groups is 1. The normalized spacial score (nSPS) is 10.6. The Bertz CT molecular complexity index is 453. The van der Waals surface area contributed by atoms with E-state index in [-0.39, 0.29) is 24.4 Å². The van der Waals surface area contributed by atoms with Gasteiger partial charge in [-0.05, 0) is 6.07 Å². The molecule has 2 amide bonds. The van der Waals surface area contributed by atoms with Crippen LogP contribution in [0.2, 0.25) is 0 Å². The second kappa shape index (κ2) is 5.61. The zero-order chi connectivity index (χ0) is 12.8. The maximum absolute atomic E-state index is 10.6. The molecule has 0 fully saturated rings. The zero-order valence-corrected chi connectivity index (χ0v) is 8.62.